The Labute approximate surface area is 154 Å². The van der Waals surface area contributed by atoms with Crippen molar-refractivity contribution in [2.45, 2.75) is 19.9 Å². The van der Waals surface area contributed by atoms with Crippen LogP contribution in [0.4, 0.5) is 5.69 Å². The molecule has 0 spiro atoms. The van der Waals surface area contributed by atoms with E-state index in [4.69, 9.17) is 23.2 Å². The van der Waals surface area contributed by atoms with Gasteiger partial charge in [-0.25, -0.2) is 4.68 Å². The topological polar surface area (TPSA) is 72.7 Å². The Morgan fingerprint density at radius 1 is 1.16 bits per heavy atom. The number of benzene rings is 2. The zero-order valence-corrected chi connectivity index (χ0v) is 15.1. The summed E-state index contributed by atoms with van der Waals surface area (Å²) in [5, 5.41) is 15.4. The van der Waals surface area contributed by atoms with Gasteiger partial charge in [-0.3, -0.25) is 4.79 Å². The minimum absolute atomic E-state index is 0.107. The molecule has 1 heterocycles. The van der Waals surface area contributed by atoms with Crippen molar-refractivity contribution < 1.29 is 4.79 Å². The summed E-state index contributed by atoms with van der Waals surface area (Å²) in [6.45, 7) is 3.97. The van der Waals surface area contributed by atoms with E-state index in [1.165, 1.54) is 0 Å². The number of tetrazole rings is 1. The molecule has 0 unspecified atom stereocenters. The molecule has 128 valence electrons. The van der Waals surface area contributed by atoms with E-state index in [1.807, 2.05) is 19.9 Å². The minimum atomic E-state index is -0.283. The summed E-state index contributed by atoms with van der Waals surface area (Å²) < 4.78 is 1.70. The van der Waals surface area contributed by atoms with Crippen LogP contribution in [0.25, 0.3) is 11.4 Å². The molecular formula is C17H15Cl2N5O. The lowest BCUT2D eigenvalue weighted by atomic mass is 10.1. The lowest BCUT2D eigenvalue weighted by Gasteiger charge is -2.10. The van der Waals surface area contributed by atoms with Crippen molar-refractivity contribution in [1.29, 1.82) is 0 Å². The van der Waals surface area contributed by atoms with E-state index in [2.05, 4.69) is 20.8 Å². The monoisotopic (exact) mass is 375 g/mol. The highest BCUT2D eigenvalue weighted by Crippen LogP contribution is 2.26. The van der Waals surface area contributed by atoms with Crippen LogP contribution in [0.1, 0.15) is 30.2 Å². The summed E-state index contributed by atoms with van der Waals surface area (Å²) in [5.41, 5.74) is 1.73. The van der Waals surface area contributed by atoms with Gasteiger partial charge < -0.3 is 5.32 Å². The number of hydrogen-bond donors (Lipinski definition) is 1. The Balaban J connectivity index is 1.88. The first-order valence-electron chi connectivity index (χ1n) is 7.60. The number of nitrogens with one attached hydrogen (secondary N) is 1. The van der Waals surface area contributed by atoms with Crippen molar-refractivity contribution in [1.82, 2.24) is 20.2 Å². The molecule has 8 heteroatoms. The second kappa shape index (κ2) is 7.21. The highest BCUT2D eigenvalue weighted by Gasteiger charge is 2.14. The third-order valence-corrected chi connectivity index (χ3v) is 4.09. The van der Waals surface area contributed by atoms with Gasteiger partial charge in [0.25, 0.3) is 5.91 Å². The van der Waals surface area contributed by atoms with Crippen LogP contribution < -0.4 is 5.32 Å². The highest BCUT2D eigenvalue weighted by atomic mass is 35.5. The normalized spacial score (nSPS) is 10.9. The highest BCUT2D eigenvalue weighted by molar-refractivity contribution is 6.36. The Hall–Kier alpha value is -2.44. The van der Waals surface area contributed by atoms with Crippen molar-refractivity contribution in [3.63, 3.8) is 0 Å². The molecule has 0 saturated heterocycles. The van der Waals surface area contributed by atoms with Crippen LogP contribution in [-0.4, -0.2) is 26.1 Å². The number of aromatic nitrogens is 4. The molecule has 25 heavy (non-hydrogen) atoms. The maximum Gasteiger partial charge on any atom is 0.255 e. The van der Waals surface area contributed by atoms with Crippen molar-refractivity contribution >= 4 is 34.8 Å². The molecule has 6 nitrogen and oxygen atoms in total. The molecule has 1 aromatic heterocycles. The molecule has 0 aliphatic carbocycles. The Kier molecular flexibility index (Phi) is 5.01. The zero-order valence-electron chi connectivity index (χ0n) is 13.6. The van der Waals surface area contributed by atoms with Crippen molar-refractivity contribution in [3.8, 4) is 11.4 Å². The molecule has 2 aromatic carbocycles. The summed E-state index contributed by atoms with van der Waals surface area (Å²) >= 11 is 12.0. The van der Waals surface area contributed by atoms with Crippen LogP contribution in [0, 0.1) is 0 Å². The van der Waals surface area contributed by atoms with Gasteiger partial charge in [0.05, 0.1) is 16.8 Å². The second-order valence-corrected chi connectivity index (χ2v) is 6.54. The average Bonchev–Trinajstić information content (AvgIpc) is 3.07. The number of carbonyl (C=O) groups excluding carboxylic acids is 1. The molecule has 0 aliphatic rings. The van der Waals surface area contributed by atoms with E-state index < -0.39 is 0 Å². The third kappa shape index (κ3) is 3.81. The van der Waals surface area contributed by atoms with E-state index in [0.29, 0.717) is 27.1 Å². The van der Waals surface area contributed by atoms with Gasteiger partial charge in [0, 0.05) is 16.1 Å². The molecule has 0 saturated carbocycles. The fourth-order valence-corrected chi connectivity index (χ4v) is 2.77. The predicted octanol–water partition coefficient (Wildman–Crippen LogP) is 4.48. The molecule has 3 aromatic rings. The van der Waals surface area contributed by atoms with E-state index in [0.717, 1.165) is 5.56 Å². The Morgan fingerprint density at radius 2 is 1.96 bits per heavy atom. The van der Waals surface area contributed by atoms with Gasteiger partial charge in [-0.15, -0.1) is 5.10 Å². The first-order chi connectivity index (χ1) is 12.0. The van der Waals surface area contributed by atoms with E-state index >= 15 is 0 Å². The standard InChI is InChI=1S/C17H15Cl2N5O/c1-10(2)24-16(21-22-23-24)11-4-3-5-12(8-11)17(25)20-15-7-6-13(18)9-14(15)19/h3-10H,1-2H3,(H,20,25). The molecule has 3 rings (SSSR count). The van der Waals surface area contributed by atoms with Crippen LogP contribution in [0.2, 0.25) is 10.0 Å². The van der Waals surface area contributed by atoms with Crippen LogP contribution >= 0.6 is 23.2 Å². The quantitative estimate of drug-likeness (QED) is 0.729. The van der Waals surface area contributed by atoms with Crippen molar-refractivity contribution in [2.75, 3.05) is 5.32 Å². The summed E-state index contributed by atoms with van der Waals surface area (Å²) in [6, 6.07) is 12.1. The summed E-state index contributed by atoms with van der Waals surface area (Å²) in [7, 11) is 0. The summed E-state index contributed by atoms with van der Waals surface area (Å²) in [5.74, 6) is 0.323. The minimum Gasteiger partial charge on any atom is -0.321 e. The average molecular weight is 376 g/mol. The predicted molar refractivity (Wildman–Crippen MR) is 98.1 cm³/mol. The van der Waals surface area contributed by atoms with E-state index in [1.54, 1.807) is 41.1 Å². The third-order valence-electron chi connectivity index (χ3n) is 3.54. The van der Waals surface area contributed by atoms with Crippen LogP contribution in [-0.2, 0) is 0 Å². The van der Waals surface area contributed by atoms with Gasteiger partial charge in [0.1, 0.15) is 0 Å². The molecule has 0 atom stereocenters. The SMILES string of the molecule is CC(C)n1nnnc1-c1cccc(C(=O)Nc2ccc(Cl)cc2Cl)c1. The van der Waals surface area contributed by atoms with Crippen molar-refractivity contribution in [2.24, 2.45) is 0 Å². The first-order valence-corrected chi connectivity index (χ1v) is 8.36. The summed E-state index contributed by atoms with van der Waals surface area (Å²) in [4.78, 5) is 12.5. The summed E-state index contributed by atoms with van der Waals surface area (Å²) in [6.07, 6.45) is 0. The Bertz CT molecular complexity index is 923. The molecule has 1 amide bonds. The number of hydrogen-bond acceptors (Lipinski definition) is 4. The largest absolute Gasteiger partial charge is 0.321 e. The molecule has 0 fully saturated rings. The second-order valence-electron chi connectivity index (χ2n) is 5.70. The van der Waals surface area contributed by atoms with Gasteiger partial charge in [-0.1, -0.05) is 35.3 Å². The number of halogens is 2. The zero-order chi connectivity index (χ0) is 18.0. The van der Waals surface area contributed by atoms with Gasteiger partial charge in [0.15, 0.2) is 5.82 Å². The number of nitrogens with zero attached hydrogens (tertiary/aromatic N) is 4. The molecular weight excluding hydrogens is 361 g/mol. The lowest BCUT2D eigenvalue weighted by Crippen LogP contribution is -2.12. The van der Waals surface area contributed by atoms with Crippen LogP contribution in [0.3, 0.4) is 0 Å². The van der Waals surface area contributed by atoms with Gasteiger partial charge >= 0.3 is 0 Å². The lowest BCUT2D eigenvalue weighted by molar-refractivity contribution is 0.102. The molecule has 1 N–H and O–H groups in total. The molecule has 0 bridgehead atoms. The van der Waals surface area contributed by atoms with Gasteiger partial charge in [-0.05, 0) is 54.6 Å². The Morgan fingerprint density at radius 3 is 2.68 bits per heavy atom. The van der Waals surface area contributed by atoms with Crippen LogP contribution in [0.15, 0.2) is 42.5 Å². The first kappa shape index (κ1) is 17.4. The van der Waals surface area contributed by atoms with Crippen molar-refractivity contribution in [3.05, 3.63) is 58.1 Å². The van der Waals surface area contributed by atoms with E-state index in [9.17, 15) is 4.79 Å². The number of anilines is 1. The fourth-order valence-electron chi connectivity index (χ4n) is 2.32. The maximum absolute atomic E-state index is 12.5. The molecule has 0 radical (unpaired) electrons. The van der Waals surface area contributed by atoms with E-state index in [-0.39, 0.29) is 11.9 Å². The van der Waals surface area contributed by atoms with Gasteiger partial charge in [-0.2, -0.15) is 0 Å². The van der Waals surface area contributed by atoms with Crippen LogP contribution in [0.5, 0.6) is 0 Å². The van der Waals surface area contributed by atoms with Gasteiger partial charge in [0.2, 0.25) is 0 Å². The maximum atomic E-state index is 12.5. The number of rotatable bonds is 4. The fraction of sp³-hybridized carbons (Fsp3) is 0.176. The smallest absolute Gasteiger partial charge is 0.255 e. The number of amides is 1. The number of carbonyl (C=O) groups is 1. The molecule has 0 aliphatic heterocycles.